The van der Waals surface area contributed by atoms with E-state index in [2.05, 4.69) is 21.4 Å². The molecule has 2 aromatic heterocycles. The van der Waals surface area contributed by atoms with Gasteiger partial charge in [0.1, 0.15) is 23.7 Å². The Labute approximate surface area is 173 Å². The zero-order valence-electron chi connectivity index (χ0n) is 16.3. The highest BCUT2D eigenvalue weighted by Crippen LogP contribution is 2.34. The molecule has 0 radical (unpaired) electrons. The molecule has 0 aliphatic rings. The van der Waals surface area contributed by atoms with Crippen LogP contribution < -0.4 is 5.32 Å². The molecule has 0 spiro atoms. The lowest BCUT2D eigenvalue weighted by Gasteiger charge is -2.14. The summed E-state index contributed by atoms with van der Waals surface area (Å²) in [4.78, 5) is 20.3. The molecule has 6 nitrogen and oxygen atoms in total. The molecule has 0 saturated carbocycles. The van der Waals surface area contributed by atoms with Crippen LogP contribution in [0.2, 0.25) is 0 Å². The largest absolute Gasteiger partial charge is 0.464 e. The second-order valence-corrected chi connectivity index (χ2v) is 6.82. The number of carbonyl (C=O) groups excluding carboxylic acids is 1. The van der Waals surface area contributed by atoms with Gasteiger partial charge in [-0.3, -0.25) is 4.79 Å². The highest BCUT2D eigenvalue weighted by Gasteiger charge is 2.14. The highest BCUT2D eigenvalue weighted by molar-refractivity contribution is 5.87. The predicted octanol–water partition coefficient (Wildman–Crippen LogP) is 5.06. The maximum absolute atomic E-state index is 11.3. The lowest BCUT2D eigenvalue weighted by Crippen LogP contribution is -2.03. The molecule has 1 N–H and O–H groups in total. The second kappa shape index (κ2) is 8.41. The van der Waals surface area contributed by atoms with Crippen LogP contribution in [-0.4, -0.2) is 16.3 Å². The van der Waals surface area contributed by atoms with Crippen molar-refractivity contribution in [2.75, 3.05) is 5.32 Å². The van der Waals surface area contributed by atoms with E-state index >= 15 is 0 Å². The average Bonchev–Trinajstić information content (AvgIpc) is 3.30. The number of benzene rings is 2. The number of nitrogens with zero attached hydrogens (tertiary/aromatic N) is 3. The lowest BCUT2D eigenvalue weighted by molar-refractivity contribution is 0.112. The van der Waals surface area contributed by atoms with Crippen LogP contribution >= 0.6 is 0 Å². The molecular formula is C24H18N4O2. The summed E-state index contributed by atoms with van der Waals surface area (Å²) in [5, 5.41) is 12.3. The minimum atomic E-state index is 0.551. The molecule has 0 fully saturated rings. The minimum Gasteiger partial charge on any atom is -0.464 e. The Balaban J connectivity index is 1.64. The molecule has 146 valence electrons. The van der Waals surface area contributed by atoms with Crippen LogP contribution in [0.5, 0.6) is 0 Å². The molecule has 0 amide bonds. The van der Waals surface area contributed by atoms with Gasteiger partial charge in [0.15, 0.2) is 0 Å². The first kappa shape index (κ1) is 19.1. The molecule has 0 atom stereocenters. The predicted molar refractivity (Wildman–Crippen MR) is 114 cm³/mol. The zero-order chi connectivity index (χ0) is 20.9. The van der Waals surface area contributed by atoms with Gasteiger partial charge in [-0.2, -0.15) is 5.26 Å². The van der Waals surface area contributed by atoms with Crippen LogP contribution in [0, 0.1) is 18.3 Å². The van der Waals surface area contributed by atoms with Crippen molar-refractivity contribution in [3.63, 3.8) is 0 Å². The Morgan fingerprint density at radius 3 is 2.70 bits per heavy atom. The van der Waals surface area contributed by atoms with E-state index in [0.717, 1.165) is 28.7 Å². The highest BCUT2D eigenvalue weighted by atomic mass is 16.3. The fourth-order valence-electron chi connectivity index (χ4n) is 3.24. The van der Waals surface area contributed by atoms with Crippen molar-refractivity contribution in [3.05, 3.63) is 95.1 Å². The molecule has 0 aliphatic heterocycles. The number of nitrogens with one attached hydrogen (secondary N) is 1. The van der Waals surface area contributed by atoms with Gasteiger partial charge < -0.3 is 9.73 Å². The van der Waals surface area contributed by atoms with Gasteiger partial charge in [0.25, 0.3) is 0 Å². The zero-order valence-corrected chi connectivity index (χ0v) is 16.3. The van der Waals surface area contributed by atoms with Crippen LogP contribution in [0.3, 0.4) is 0 Å². The van der Waals surface area contributed by atoms with Crippen LogP contribution in [0.4, 0.5) is 11.5 Å². The monoisotopic (exact) mass is 394 g/mol. The number of aldehydes is 1. The van der Waals surface area contributed by atoms with E-state index in [1.807, 2.05) is 37.3 Å². The molecule has 0 bridgehead atoms. The normalized spacial score (nSPS) is 10.4. The molecule has 2 aromatic carbocycles. The van der Waals surface area contributed by atoms with E-state index in [0.29, 0.717) is 35.0 Å². The molecular weight excluding hydrogens is 376 g/mol. The van der Waals surface area contributed by atoms with Gasteiger partial charge in [-0.1, -0.05) is 12.1 Å². The van der Waals surface area contributed by atoms with Crippen LogP contribution in [0.15, 0.2) is 71.5 Å². The molecule has 6 heteroatoms. The Morgan fingerprint density at radius 1 is 1.17 bits per heavy atom. The van der Waals surface area contributed by atoms with E-state index in [4.69, 9.17) is 9.68 Å². The maximum atomic E-state index is 11.3. The van der Waals surface area contributed by atoms with Gasteiger partial charge in [-0.05, 0) is 60.5 Å². The molecule has 4 aromatic rings. The fourth-order valence-corrected chi connectivity index (χ4v) is 3.24. The smallest absolute Gasteiger partial charge is 0.150 e. The fraction of sp³-hybridized carbons (Fsp3) is 0.0833. The number of hydrogen-bond donors (Lipinski definition) is 1. The summed E-state index contributed by atoms with van der Waals surface area (Å²) in [6.07, 6.45) is 4.68. The Bertz CT molecular complexity index is 1220. The molecule has 30 heavy (non-hydrogen) atoms. The number of rotatable bonds is 6. The third-order valence-corrected chi connectivity index (χ3v) is 4.68. The van der Waals surface area contributed by atoms with Crippen molar-refractivity contribution in [2.24, 2.45) is 0 Å². The van der Waals surface area contributed by atoms with E-state index in [1.165, 1.54) is 0 Å². The number of anilines is 2. The average molecular weight is 394 g/mol. The molecule has 0 aliphatic carbocycles. The SMILES string of the molecule is Cc1cc(C=O)cc(-c2ccco2)c1Nc1ccnc(Cc2ccc(C#N)cc2)n1. The van der Waals surface area contributed by atoms with Gasteiger partial charge in [-0.15, -0.1) is 0 Å². The first-order valence-electron chi connectivity index (χ1n) is 9.38. The number of aromatic nitrogens is 2. The van der Waals surface area contributed by atoms with Crippen molar-refractivity contribution in [3.8, 4) is 17.4 Å². The summed E-state index contributed by atoms with van der Waals surface area (Å²) in [5.74, 6) is 1.96. The van der Waals surface area contributed by atoms with Crippen molar-refractivity contribution in [2.45, 2.75) is 13.3 Å². The first-order chi connectivity index (χ1) is 14.7. The molecule has 2 heterocycles. The lowest BCUT2D eigenvalue weighted by atomic mass is 10.0. The van der Waals surface area contributed by atoms with Crippen molar-refractivity contribution < 1.29 is 9.21 Å². The Kier molecular flexibility index (Phi) is 5.35. The number of nitriles is 1. The van der Waals surface area contributed by atoms with E-state index < -0.39 is 0 Å². The number of aryl methyl sites for hydroxylation is 1. The third-order valence-electron chi connectivity index (χ3n) is 4.68. The summed E-state index contributed by atoms with van der Waals surface area (Å²) in [6, 6.07) is 18.5. The summed E-state index contributed by atoms with van der Waals surface area (Å²) in [7, 11) is 0. The van der Waals surface area contributed by atoms with Crippen molar-refractivity contribution in [1.29, 1.82) is 5.26 Å². The van der Waals surface area contributed by atoms with Crippen LogP contribution in [0.25, 0.3) is 11.3 Å². The number of furan rings is 1. The van der Waals surface area contributed by atoms with E-state index in [1.54, 1.807) is 36.7 Å². The summed E-state index contributed by atoms with van der Waals surface area (Å²) < 4.78 is 5.56. The minimum absolute atomic E-state index is 0.551. The van der Waals surface area contributed by atoms with Gasteiger partial charge in [0, 0.05) is 23.7 Å². The van der Waals surface area contributed by atoms with Gasteiger partial charge in [0.2, 0.25) is 0 Å². The first-order valence-corrected chi connectivity index (χ1v) is 9.38. The van der Waals surface area contributed by atoms with Gasteiger partial charge >= 0.3 is 0 Å². The van der Waals surface area contributed by atoms with Crippen molar-refractivity contribution in [1.82, 2.24) is 9.97 Å². The van der Waals surface area contributed by atoms with Crippen LogP contribution in [0.1, 0.15) is 32.9 Å². The molecule has 0 saturated heterocycles. The Hall–Kier alpha value is -4.24. The number of hydrogen-bond acceptors (Lipinski definition) is 6. The summed E-state index contributed by atoms with van der Waals surface area (Å²) in [5.41, 5.74) is 4.73. The van der Waals surface area contributed by atoms with Gasteiger partial charge in [-0.25, -0.2) is 9.97 Å². The number of carbonyl (C=O) groups is 1. The van der Waals surface area contributed by atoms with Gasteiger partial charge in [0.05, 0.1) is 23.6 Å². The molecule has 0 unspecified atom stereocenters. The topological polar surface area (TPSA) is 91.8 Å². The molecule has 4 rings (SSSR count). The summed E-state index contributed by atoms with van der Waals surface area (Å²) >= 11 is 0. The third kappa shape index (κ3) is 4.10. The van der Waals surface area contributed by atoms with Crippen LogP contribution in [-0.2, 0) is 6.42 Å². The summed E-state index contributed by atoms with van der Waals surface area (Å²) in [6.45, 7) is 1.93. The van der Waals surface area contributed by atoms with Crippen molar-refractivity contribution >= 4 is 17.8 Å². The Morgan fingerprint density at radius 2 is 2.00 bits per heavy atom. The van der Waals surface area contributed by atoms with E-state index in [9.17, 15) is 4.79 Å². The van der Waals surface area contributed by atoms with E-state index in [-0.39, 0.29) is 0 Å². The standard InChI is InChI=1S/C24H18N4O2/c1-16-11-19(15-29)12-20(21-3-2-10-30-21)24(16)28-22-8-9-26-23(27-22)13-17-4-6-18(14-25)7-5-17/h2-12,15H,13H2,1H3,(H,26,27,28). The maximum Gasteiger partial charge on any atom is 0.150 e. The quantitative estimate of drug-likeness (QED) is 0.459. The second-order valence-electron chi connectivity index (χ2n) is 6.82.